The number of aliphatic hydroxyl groups is 1. The summed E-state index contributed by atoms with van der Waals surface area (Å²) in [7, 11) is 0. The third-order valence-corrected chi connectivity index (χ3v) is 5.40. The highest BCUT2D eigenvalue weighted by Crippen LogP contribution is 2.23. The van der Waals surface area contributed by atoms with Crippen LogP contribution in [0, 0.1) is 0 Å². The summed E-state index contributed by atoms with van der Waals surface area (Å²) in [6.45, 7) is 9.76. The number of benzene rings is 1. The van der Waals surface area contributed by atoms with E-state index >= 15 is 0 Å². The van der Waals surface area contributed by atoms with Gasteiger partial charge in [0, 0.05) is 64.8 Å². The predicted octanol–water partition coefficient (Wildman–Crippen LogP) is 1.75. The zero-order valence-electron chi connectivity index (χ0n) is 15.4. The summed E-state index contributed by atoms with van der Waals surface area (Å²) in [5.74, 6) is 0. The minimum Gasteiger partial charge on any atom is -0.388 e. The lowest BCUT2D eigenvalue weighted by atomic mass is 9.93. The maximum atomic E-state index is 11.0. The summed E-state index contributed by atoms with van der Waals surface area (Å²) in [4.78, 5) is 4.90. The van der Waals surface area contributed by atoms with Gasteiger partial charge in [0.1, 0.15) is 0 Å². The lowest BCUT2D eigenvalue weighted by Crippen LogP contribution is -2.50. The van der Waals surface area contributed by atoms with Crippen molar-refractivity contribution < 1.29 is 14.6 Å². The minimum absolute atomic E-state index is 0.471. The fourth-order valence-corrected chi connectivity index (χ4v) is 3.74. The van der Waals surface area contributed by atoms with E-state index in [0.29, 0.717) is 25.8 Å². The van der Waals surface area contributed by atoms with E-state index in [1.165, 1.54) is 5.56 Å². The molecule has 1 aromatic rings. The van der Waals surface area contributed by atoms with Crippen molar-refractivity contribution in [3.63, 3.8) is 0 Å². The van der Waals surface area contributed by atoms with Crippen LogP contribution in [0.3, 0.4) is 0 Å². The Hall–Kier alpha value is -0.980. The van der Waals surface area contributed by atoms with Gasteiger partial charge in [0.2, 0.25) is 0 Å². The van der Waals surface area contributed by atoms with Crippen LogP contribution in [0.4, 0.5) is 0 Å². The Labute approximate surface area is 151 Å². The van der Waals surface area contributed by atoms with Gasteiger partial charge in [-0.3, -0.25) is 9.80 Å². The monoisotopic (exact) mass is 348 g/mol. The maximum absolute atomic E-state index is 11.0. The smallest absolute Gasteiger partial charge is 0.0818 e. The minimum atomic E-state index is -0.621. The molecule has 3 rings (SSSR count). The second-order valence-electron chi connectivity index (χ2n) is 7.49. The van der Waals surface area contributed by atoms with Gasteiger partial charge in [-0.2, -0.15) is 0 Å². The molecule has 0 unspecified atom stereocenters. The Balaban J connectivity index is 1.61. The molecule has 0 aromatic heterocycles. The second-order valence-corrected chi connectivity index (χ2v) is 7.49. The second kappa shape index (κ2) is 9.10. The van der Waals surface area contributed by atoms with Crippen LogP contribution >= 0.6 is 0 Å². The van der Waals surface area contributed by atoms with Gasteiger partial charge in [-0.25, -0.2) is 0 Å². The van der Waals surface area contributed by atoms with E-state index in [0.717, 1.165) is 52.2 Å². The van der Waals surface area contributed by atoms with E-state index in [4.69, 9.17) is 9.47 Å². The van der Waals surface area contributed by atoms with Gasteiger partial charge in [-0.1, -0.05) is 30.3 Å². The van der Waals surface area contributed by atoms with E-state index in [1.54, 1.807) is 0 Å². The van der Waals surface area contributed by atoms with E-state index in [2.05, 4.69) is 47.1 Å². The lowest BCUT2D eigenvalue weighted by molar-refractivity contribution is -0.0829. The Morgan fingerprint density at radius 1 is 1.16 bits per heavy atom. The molecular formula is C20H32N2O3. The van der Waals surface area contributed by atoms with Crippen molar-refractivity contribution >= 4 is 0 Å². The summed E-state index contributed by atoms with van der Waals surface area (Å²) < 4.78 is 11.0. The van der Waals surface area contributed by atoms with E-state index in [-0.39, 0.29) is 0 Å². The van der Waals surface area contributed by atoms with Crippen molar-refractivity contribution in [2.75, 3.05) is 52.6 Å². The molecule has 1 N–H and O–H groups in total. The van der Waals surface area contributed by atoms with Crippen LogP contribution in [-0.4, -0.2) is 79.2 Å². The molecule has 1 atom stereocenters. The third-order valence-electron chi connectivity index (χ3n) is 5.40. The standard InChI is InChI=1S/C20H32N2O3/c1-18-16-25-14-11-22(18)10-9-21(15-19-5-3-2-4-6-19)17-20(23)7-12-24-13-8-20/h2-6,18,23H,7-17H2,1H3/t18-/m0/s1. The van der Waals surface area contributed by atoms with Crippen LogP contribution in [0.2, 0.25) is 0 Å². The van der Waals surface area contributed by atoms with Crippen molar-refractivity contribution in [1.29, 1.82) is 0 Å². The van der Waals surface area contributed by atoms with Crippen molar-refractivity contribution in [3.05, 3.63) is 35.9 Å². The number of ether oxygens (including phenoxy) is 2. The number of hydrogen-bond donors (Lipinski definition) is 1. The third kappa shape index (κ3) is 5.76. The number of nitrogens with zero attached hydrogens (tertiary/aromatic N) is 2. The zero-order chi connectivity index (χ0) is 17.5. The van der Waals surface area contributed by atoms with Crippen molar-refractivity contribution in [1.82, 2.24) is 9.80 Å². The number of morpholine rings is 1. The van der Waals surface area contributed by atoms with Crippen molar-refractivity contribution in [2.24, 2.45) is 0 Å². The molecule has 2 saturated heterocycles. The molecule has 2 aliphatic rings. The average Bonchev–Trinajstić information content (AvgIpc) is 2.62. The molecule has 2 fully saturated rings. The molecule has 25 heavy (non-hydrogen) atoms. The Morgan fingerprint density at radius 2 is 1.92 bits per heavy atom. The molecule has 2 aliphatic heterocycles. The fraction of sp³-hybridized carbons (Fsp3) is 0.700. The molecule has 5 heteroatoms. The van der Waals surface area contributed by atoms with Crippen LogP contribution in [0.25, 0.3) is 0 Å². The first kappa shape index (κ1) is 18.8. The normalized spacial score (nSPS) is 24.5. The predicted molar refractivity (Wildman–Crippen MR) is 98.6 cm³/mol. The summed E-state index contributed by atoms with van der Waals surface area (Å²) in [5.41, 5.74) is 0.678. The number of hydrogen-bond acceptors (Lipinski definition) is 5. The Kier molecular flexibility index (Phi) is 6.84. The first-order valence-electron chi connectivity index (χ1n) is 9.53. The topological polar surface area (TPSA) is 45.2 Å². The van der Waals surface area contributed by atoms with Crippen LogP contribution in [0.1, 0.15) is 25.3 Å². The van der Waals surface area contributed by atoms with Crippen LogP contribution < -0.4 is 0 Å². The van der Waals surface area contributed by atoms with Gasteiger partial charge >= 0.3 is 0 Å². The largest absolute Gasteiger partial charge is 0.388 e. The molecular weight excluding hydrogens is 316 g/mol. The molecule has 0 aliphatic carbocycles. The van der Waals surface area contributed by atoms with Crippen LogP contribution in [0.15, 0.2) is 30.3 Å². The van der Waals surface area contributed by atoms with Gasteiger partial charge in [0.25, 0.3) is 0 Å². The van der Waals surface area contributed by atoms with Crippen molar-refractivity contribution in [2.45, 2.75) is 38.0 Å². The van der Waals surface area contributed by atoms with Gasteiger partial charge in [0.15, 0.2) is 0 Å². The van der Waals surface area contributed by atoms with E-state index < -0.39 is 5.60 Å². The highest BCUT2D eigenvalue weighted by atomic mass is 16.5. The maximum Gasteiger partial charge on any atom is 0.0818 e. The van der Waals surface area contributed by atoms with Gasteiger partial charge < -0.3 is 14.6 Å². The molecule has 0 saturated carbocycles. The van der Waals surface area contributed by atoms with E-state index in [9.17, 15) is 5.11 Å². The highest BCUT2D eigenvalue weighted by Gasteiger charge is 2.32. The molecule has 1 aromatic carbocycles. The van der Waals surface area contributed by atoms with Gasteiger partial charge in [-0.05, 0) is 12.5 Å². The molecule has 0 bridgehead atoms. The molecule has 0 radical (unpaired) electrons. The zero-order valence-corrected chi connectivity index (χ0v) is 15.4. The molecule has 140 valence electrons. The first-order valence-corrected chi connectivity index (χ1v) is 9.53. The quantitative estimate of drug-likeness (QED) is 0.813. The first-order chi connectivity index (χ1) is 12.1. The molecule has 0 spiro atoms. The molecule has 0 amide bonds. The van der Waals surface area contributed by atoms with Gasteiger partial charge in [-0.15, -0.1) is 0 Å². The summed E-state index contributed by atoms with van der Waals surface area (Å²) in [6, 6.07) is 11.0. The molecule has 2 heterocycles. The van der Waals surface area contributed by atoms with Gasteiger partial charge in [0.05, 0.1) is 18.8 Å². The van der Waals surface area contributed by atoms with Crippen molar-refractivity contribution in [3.8, 4) is 0 Å². The molecule has 5 nitrogen and oxygen atoms in total. The average molecular weight is 348 g/mol. The van der Waals surface area contributed by atoms with Crippen LogP contribution in [-0.2, 0) is 16.0 Å². The Bertz CT molecular complexity index is 505. The summed E-state index contributed by atoms with van der Waals surface area (Å²) in [6.07, 6.45) is 1.46. The summed E-state index contributed by atoms with van der Waals surface area (Å²) >= 11 is 0. The van der Waals surface area contributed by atoms with E-state index in [1.807, 2.05) is 0 Å². The van der Waals surface area contributed by atoms with Crippen LogP contribution in [0.5, 0.6) is 0 Å². The SMILES string of the molecule is C[C@H]1COCCN1CCN(Cc1ccccc1)CC1(O)CCOCC1. The highest BCUT2D eigenvalue weighted by molar-refractivity contribution is 5.14. The Morgan fingerprint density at radius 3 is 2.64 bits per heavy atom. The summed E-state index contributed by atoms with van der Waals surface area (Å²) in [5, 5.41) is 11.0. The fourth-order valence-electron chi connectivity index (χ4n) is 3.74. The lowest BCUT2D eigenvalue weighted by Gasteiger charge is -2.39. The number of rotatable bonds is 7.